The van der Waals surface area contributed by atoms with Gasteiger partial charge in [-0.3, -0.25) is 9.59 Å². The largest absolute Gasteiger partial charge is 0.469 e. The number of carbonyl (C=O) groups is 2. The van der Waals surface area contributed by atoms with E-state index in [-0.39, 0.29) is 5.91 Å². The highest BCUT2D eigenvalue weighted by Crippen LogP contribution is 2.20. The van der Waals surface area contributed by atoms with Crippen molar-refractivity contribution >= 4 is 11.9 Å². The van der Waals surface area contributed by atoms with Crippen LogP contribution in [0, 0.1) is 17.2 Å². The van der Waals surface area contributed by atoms with Gasteiger partial charge in [0.1, 0.15) is 0 Å². The number of rotatable bonds is 7. The molecule has 1 N–H and O–H groups in total. The monoisotopic (exact) mass is 412 g/mol. The fourth-order valence-corrected chi connectivity index (χ4v) is 3.47. The molecule has 5 heteroatoms. The molecule has 0 aromatic heterocycles. The van der Waals surface area contributed by atoms with Gasteiger partial charge in [0.25, 0.3) is 5.91 Å². The number of hydrogen-bond donors (Lipinski definition) is 1. The van der Waals surface area contributed by atoms with Crippen LogP contribution >= 0.6 is 0 Å². The van der Waals surface area contributed by atoms with Gasteiger partial charge in [0.2, 0.25) is 0 Å². The van der Waals surface area contributed by atoms with Gasteiger partial charge in [0.05, 0.1) is 24.7 Å². The van der Waals surface area contributed by atoms with Crippen LogP contribution < -0.4 is 5.32 Å². The summed E-state index contributed by atoms with van der Waals surface area (Å²) in [6, 6.07) is 26.0. The van der Waals surface area contributed by atoms with Crippen LogP contribution in [0.1, 0.15) is 28.4 Å². The van der Waals surface area contributed by atoms with Gasteiger partial charge in [-0.25, -0.2) is 0 Å². The van der Waals surface area contributed by atoms with Gasteiger partial charge in [0.15, 0.2) is 0 Å². The van der Waals surface area contributed by atoms with E-state index in [2.05, 4.69) is 11.4 Å². The molecule has 2 unspecified atom stereocenters. The highest BCUT2D eigenvalue weighted by molar-refractivity contribution is 5.95. The van der Waals surface area contributed by atoms with Gasteiger partial charge in [-0.2, -0.15) is 5.26 Å². The maximum Gasteiger partial charge on any atom is 0.311 e. The van der Waals surface area contributed by atoms with Crippen molar-refractivity contribution in [2.75, 3.05) is 7.11 Å². The van der Waals surface area contributed by atoms with Crippen molar-refractivity contribution in [3.05, 3.63) is 95.6 Å². The molecule has 0 aliphatic carbocycles. The summed E-state index contributed by atoms with van der Waals surface area (Å²) in [5.41, 5.74) is 3.98. The van der Waals surface area contributed by atoms with E-state index >= 15 is 0 Å². The van der Waals surface area contributed by atoms with E-state index in [0.717, 1.165) is 16.7 Å². The number of nitrogens with zero attached hydrogens (tertiary/aromatic N) is 1. The van der Waals surface area contributed by atoms with E-state index in [1.807, 2.05) is 48.5 Å². The zero-order chi connectivity index (χ0) is 22.2. The van der Waals surface area contributed by atoms with Crippen LogP contribution in [0.4, 0.5) is 0 Å². The third-order valence-corrected chi connectivity index (χ3v) is 5.23. The second-order valence-electron chi connectivity index (χ2n) is 7.35. The average molecular weight is 412 g/mol. The van der Waals surface area contributed by atoms with Crippen molar-refractivity contribution in [2.45, 2.75) is 19.4 Å². The highest BCUT2D eigenvalue weighted by atomic mass is 16.5. The minimum Gasteiger partial charge on any atom is -0.469 e. The van der Waals surface area contributed by atoms with E-state index in [1.54, 1.807) is 37.3 Å². The normalized spacial score (nSPS) is 12.3. The van der Waals surface area contributed by atoms with Crippen molar-refractivity contribution in [1.82, 2.24) is 5.32 Å². The number of nitriles is 1. The average Bonchev–Trinajstić information content (AvgIpc) is 2.82. The first kappa shape index (κ1) is 21.8. The lowest BCUT2D eigenvalue weighted by Crippen LogP contribution is -2.42. The smallest absolute Gasteiger partial charge is 0.311 e. The number of ether oxygens (including phenoxy) is 1. The summed E-state index contributed by atoms with van der Waals surface area (Å²) in [7, 11) is 1.33. The van der Waals surface area contributed by atoms with Crippen molar-refractivity contribution in [2.24, 2.45) is 5.92 Å². The second-order valence-corrected chi connectivity index (χ2v) is 7.35. The fraction of sp³-hybridized carbons (Fsp3) is 0.192. The number of esters is 1. The van der Waals surface area contributed by atoms with E-state index in [0.29, 0.717) is 17.5 Å². The molecule has 0 radical (unpaired) electrons. The fourth-order valence-electron chi connectivity index (χ4n) is 3.47. The molecule has 3 aromatic carbocycles. The van der Waals surface area contributed by atoms with Crippen LogP contribution in [0.3, 0.4) is 0 Å². The van der Waals surface area contributed by atoms with E-state index < -0.39 is 17.9 Å². The Hall–Kier alpha value is -3.91. The van der Waals surface area contributed by atoms with Crippen LogP contribution in [0.2, 0.25) is 0 Å². The second kappa shape index (κ2) is 10.2. The molecule has 0 saturated heterocycles. The predicted octanol–water partition coefficient (Wildman–Crippen LogP) is 4.38. The van der Waals surface area contributed by atoms with Crippen molar-refractivity contribution in [3.63, 3.8) is 0 Å². The summed E-state index contributed by atoms with van der Waals surface area (Å²) in [6.07, 6.45) is 0.358. The van der Waals surface area contributed by atoms with Gasteiger partial charge in [-0.15, -0.1) is 0 Å². The van der Waals surface area contributed by atoms with Crippen LogP contribution in [-0.4, -0.2) is 25.0 Å². The minimum absolute atomic E-state index is 0.258. The van der Waals surface area contributed by atoms with Gasteiger partial charge >= 0.3 is 5.97 Å². The Kier molecular flexibility index (Phi) is 7.18. The zero-order valence-corrected chi connectivity index (χ0v) is 17.5. The Morgan fingerprint density at radius 2 is 1.65 bits per heavy atom. The van der Waals surface area contributed by atoms with Gasteiger partial charge in [-0.1, -0.05) is 54.6 Å². The van der Waals surface area contributed by atoms with Crippen LogP contribution in [0.15, 0.2) is 78.9 Å². The van der Waals surface area contributed by atoms with Crippen molar-refractivity contribution < 1.29 is 14.3 Å². The summed E-state index contributed by atoms with van der Waals surface area (Å²) in [5, 5.41) is 12.0. The molecule has 3 aromatic rings. The zero-order valence-electron chi connectivity index (χ0n) is 17.5. The van der Waals surface area contributed by atoms with Crippen LogP contribution in [0.25, 0.3) is 11.1 Å². The molecular weight excluding hydrogens is 388 g/mol. The Morgan fingerprint density at radius 1 is 0.968 bits per heavy atom. The lowest BCUT2D eigenvalue weighted by atomic mass is 9.92. The third-order valence-electron chi connectivity index (χ3n) is 5.23. The van der Waals surface area contributed by atoms with Gasteiger partial charge in [0, 0.05) is 11.6 Å². The summed E-state index contributed by atoms with van der Waals surface area (Å²) in [5.74, 6) is -1.24. The minimum atomic E-state index is -0.577. The molecule has 0 bridgehead atoms. The maximum atomic E-state index is 12.8. The molecule has 0 fully saturated rings. The first-order valence-electron chi connectivity index (χ1n) is 10.0. The van der Waals surface area contributed by atoms with Crippen molar-refractivity contribution in [1.29, 1.82) is 5.26 Å². The molecule has 2 atom stereocenters. The molecule has 0 spiro atoms. The number of benzene rings is 3. The Labute approximate surface area is 182 Å². The van der Waals surface area contributed by atoms with E-state index in [4.69, 9.17) is 10.00 Å². The quantitative estimate of drug-likeness (QED) is 0.584. The maximum absolute atomic E-state index is 12.8. The number of hydrogen-bond acceptors (Lipinski definition) is 4. The Bertz CT molecular complexity index is 1090. The predicted molar refractivity (Wildman–Crippen MR) is 119 cm³/mol. The van der Waals surface area contributed by atoms with E-state index in [9.17, 15) is 9.59 Å². The standard InChI is InChI=1S/C26H24N2O3/c1-18(24(26(30)31-2)16-19-7-6-8-20(15-19)17-27)28-25(29)23-13-11-22(12-14-23)21-9-4-3-5-10-21/h3-15,18,24H,16H2,1-2H3,(H,28,29). The number of methoxy groups -OCH3 is 1. The first-order chi connectivity index (χ1) is 15.0. The lowest BCUT2D eigenvalue weighted by molar-refractivity contribution is -0.146. The molecule has 0 aliphatic heterocycles. The Morgan fingerprint density at radius 3 is 2.29 bits per heavy atom. The SMILES string of the molecule is COC(=O)C(Cc1cccc(C#N)c1)C(C)NC(=O)c1ccc(-c2ccccc2)cc1. The molecular formula is C26H24N2O3. The molecule has 3 rings (SSSR count). The topological polar surface area (TPSA) is 79.2 Å². The van der Waals surface area contributed by atoms with Gasteiger partial charge < -0.3 is 10.1 Å². The van der Waals surface area contributed by atoms with Crippen LogP contribution in [-0.2, 0) is 16.0 Å². The number of amides is 1. The van der Waals surface area contributed by atoms with Crippen LogP contribution in [0.5, 0.6) is 0 Å². The molecule has 1 amide bonds. The Balaban J connectivity index is 1.71. The molecule has 31 heavy (non-hydrogen) atoms. The summed E-state index contributed by atoms with van der Waals surface area (Å²) in [4.78, 5) is 25.2. The summed E-state index contributed by atoms with van der Waals surface area (Å²) >= 11 is 0. The molecule has 0 heterocycles. The number of carbonyl (C=O) groups excluding carboxylic acids is 2. The summed E-state index contributed by atoms with van der Waals surface area (Å²) < 4.78 is 4.96. The third kappa shape index (κ3) is 5.58. The summed E-state index contributed by atoms with van der Waals surface area (Å²) in [6.45, 7) is 1.78. The first-order valence-corrected chi connectivity index (χ1v) is 10.0. The van der Waals surface area contributed by atoms with Gasteiger partial charge in [-0.05, 0) is 54.3 Å². The molecule has 156 valence electrons. The number of nitrogens with one attached hydrogen (secondary N) is 1. The van der Waals surface area contributed by atoms with Crippen molar-refractivity contribution in [3.8, 4) is 17.2 Å². The molecule has 0 saturated carbocycles. The molecule has 5 nitrogen and oxygen atoms in total. The molecule has 0 aliphatic rings. The van der Waals surface area contributed by atoms with E-state index in [1.165, 1.54) is 7.11 Å². The highest BCUT2D eigenvalue weighted by Gasteiger charge is 2.28. The lowest BCUT2D eigenvalue weighted by Gasteiger charge is -2.23.